The molecule has 0 aromatic heterocycles. The first kappa shape index (κ1) is 26.0. The van der Waals surface area contributed by atoms with E-state index in [0.29, 0.717) is 19.4 Å². The number of nitrogens with one attached hydrogen (secondary N) is 3. The number of methoxy groups -OCH3 is 1. The van der Waals surface area contributed by atoms with Gasteiger partial charge < -0.3 is 30.3 Å². The van der Waals surface area contributed by atoms with Crippen molar-refractivity contribution in [2.45, 2.75) is 83.1 Å². The summed E-state index contributed by atoms with van der Waals surface area (Å²) in [6.45, 7) is 6.91. The Balaban J connectivity index is 2.34. The molecule has 0 saturated carbocycles. The molecule has 0 aromatic rings. The maximum Gasteiger partial charge on any atom is 0.408 e. The van der Waals surface area contributed by atoms with Gasteiger partial charge in [-0.2, -0.15) is 0 Å². The zero-order valence-corrected chi connectivity index (χ0v) is 19.6. The van der Waals surface area contributed by atoms with E-state index in [1.54, 1.807) is 20.8 Å². The molecule has 0 aromatic carbocycles. The number of hydrogen-bond donors (Lipinski definition) is 3. The Morgan fingerprint density at radius 2 is 1.76 bits per heavy atom. The Kier molecular flexibility index (Phi) is 8.68. The summed E-state index contributed by atoms with van der Waals surface area (Å²) in [5, 5.41) is 7.67. The minimum absolute atomic E-state index is 0.0683. The quantitative estimate of drug-likeness (QED) is 0.380. The van der Waals surface area contributed by atoms with Gasteiger partial charge in [0.1, 0.15) is 29.8 Å². The van der Waals surface area contributed by atoms with Crippen LogP contribution in [0.1, 0.15) is 53.4 Å². The number of rotatable bonds is 2. The van der Waals surface area contributed by atoms with Crippen LogP contribution in [-0.4, -0.2) is 78.1 Å². The van der Waals surface area contributed by atoms with Crippen LogP contribution in [0.4, 0.5) is 4.79 Å². The average molecular weight is 465 g/mol. The van der Waals surface area contributed by atoms with E-state index >= 15 is 0 Å². The fourth-order valence-corrected chi connectivity index (χ4v) is 3.51. The van der Waals surface area contributed by atoms with Crippen LogP contribution in [0, 0.1) is 11.8 Å². The molecule has 0 spiro atoms. The molecule has 11 heteroatoms. The molecular formula is C22H32N4O7. The Morgan fingerprint density at radius 3 is 2.39 bits per heavy atom. The minimum Gasteiger partial charge on any atom is -0.467 e. The van der Waals surface area contributed by atoms with Crippen LogP contribution in [0.2, 0.25) is 0 Å². The summed E-state index contributed by atoms with van der Waals surface area (Å²) in [6.07, 6.45) is 0.0958. The maximum absolute atomic E-state index is 13.3. The molecule has 0 aliphatic carbocycles. The predicted molar refractivity (Wildman–Crippen MR) is 116 cm³/mol. The van der Waals surface area contributed by atoms with Crippen molar-refractivity contribution in [3.8, 4) is 11.8 Å². The summed E-state index contributed by atoms with van der Waals surface area (Å²) >= 11 is 0. The summed E-state index contributed by atoms with van der Waals surface area (Å²) in [5.41, 5.74) is -0.765. The minimum atomic E-state index is -1.05. The van der Waals surface area contributed by atoms with Crippen LogP contribution in [0.25, 0.3) is 0 Å². The van der Waals surface area contributed by atoms with E-state index in [1.165, 1.54) is 18.9 Å². The normalized spacial score (nSPS) is 26.6. The smallest absolute Gasteiger partial charge is 0.408 e. The first-order chi connectivity index (χ1) is 15.4. The molecule has 2 aliphatic rings. The number of ether oxygens (including phenoxy) is 2. The molecule has 4 atom stereocenters. The Morgan fingerprint density at radius 1 is 1.09 bits per heavy atom. The monoisotopic (exact) mass is 464 g/mol. The van der Waals surface area contributed by atoms with Gasteiger partial charge in [-0.05, 0) is 40.5 Å². The average Bonchev–Trinajstić information content (AvgIpc) is 3.21. The van der Waals surface area contributed by atoms with Crippen LogP contribution in [0.5, 0.6) is 0 Å². The number of carbonyl (C=O) groups excluding carboxylic acids is 5. The number of fused-ring (bicyclic) bond motifs is 1. The molecule has 11 nitrogen and oxygen atoms in total. The third-order valence-corrected chi connectivity index (χ3v) is 5.12. The van der Waals surface area contributed by atoms with Gasteiger partial charge in [0.05, 0.1) is 7.11 Å². The lowest BCUT2D eigenvalue weighted by molar-refractivity contribution is -0.145. The van der Waals surface area contributed by atoms with E-state index in [0.717, 1.165) is 0 Å². The zero-order chi connectivity index (χ0) is 24.8. The van der Waals surface area contributed by atoms with Crippen molar-refractivity contribution < 1.29 is 33.4 Å². The maximum atomic E-state index is 13.3. The van der Waals surface area contributed by atoms with Gasteiger partial charge in [-0.3, -0.25) is 14.4 Å². The molecule has 2 rings (SSSR count). The molecule has 1 saturated heterocycles. The first-order valence-corrected chi connectivity index (χ1v) is 10.9. The molecule has 3 N–H and O–H groups in total. The molecule has 0 radical (unpaired) electrons. The number of amides is 4. The van der Waals surface area contributed by atoms with E-state index in [9.17, 15) is 24.0 Å². The van der Waals surface area contributed by atoms with E-state index in [-0.39, 0.29) is 12.8 Å². The van der Waals surface area contributed by atoms with Crippen molar-refractivity contribution in [2.24, 2.45) is 0 Å². The van der Waals surface area contributed by atoms with Gasteiger partial charge in [0, 0.05) is 19.4 Å². The lowest BCUT2D eigenvalue weighted by Crippen LogP contribution is -2.57. The van der Waals surface area contributed by atoms with Crippen LogP contribution in [0.3, 0.4) is 0 Å². The van der Waals surface area contributed by atoms with Gasteiger partial charge in [0.15, 0.2) is 0 Å². The molecule has 4 amide bonds. The van der Waals surface area contributed by atoms with Gasteiger partial charge in [-0.15, -0.1) is 11.8 Å². The second kappa shape index (κ2) is 11.0. The Labute approximate surface area is 193 Å². The highest BCUT2D eigenvalue weighted by atomic mass is 16.6. The highest BCUT2D eigenvalue weighted by molar-refractivity contribution is 5.95. The van der Waals surface area contributed by atoms with E-state index < -0.39 is 59.6 Å². The fraction of sp³-hybridized carbons (Fsp3) is 0.682. The summed E-state index contributed by atoms with van der Waals surface area (Å²) in [5.74, 6) is 3.34. The molecule has 1 fully saturated rings. The topological polar surface area (TPSA) is 143 Å². The molecule has 2 heterocycles. The molecule has 0 bridgehead atoms. The lowest BCUT2D eigenvalue weighted by Gasteiger charge is -2.29. The second-order valence-electron chi connectivity index (χ2n) is 8.96. The lowest BCUT2D eigenvalue weighted by atomic mass is 10.1. The van der Waals surface area contributed by atoms with Crippen molar-refractivity contribution in [3.05, 3.63) is 0 Å². The molecule has 33 heavy (non-hydrogen) atoms. The van der Waals surface area contributed by atoms with Crippen LogP contribution in [-0.2, 0) is 28.7 Å². The Hall–Kier alpha value is -3.29. The van der Waals surface area contributed by atoms with Crippen LogP contribution < -0.4 is 16.0 Å². The molecular weight excluding hydrogens is 432 g/mol. The van der Waals surface area contributed by atoms with Crippen LogP contribution in [0.15, 0.2) is 0 Å². The SMILES string of the molecule is COC(=O)[C@@H]1CC#CC[C@H](NC(=O)OC(C)(C)C)C(=O)N2CCC[C@H]2C(=O)N[C@H](C)C(=O)N1. The standard InChI is InChI=1S/C22H32N4O7/c1-13-17(27)24-15(20(30)32-5)10-7-6-9-14(25-21(31)33-22(2,3)4)19(29)26-12-8-11-16(26)18(28)23-13/h13-16H,8-12H2,1-5H3,(H,23,28)(H,24,27)(H,25,31)/t13-,14+,15+,16+/m1/s1. The number of hydrogen-bond acceptors (Lipinski definition) is 7. The van der Waals surface area contributed by atoms with Crippen molar-refractivity contribution in [1.82, 2.24) is 20.9 Å². The fourth-order valence-electron chi connectivity index (χ4n) is 3.51. The van der Waals surface area contributed by atoms with Crippen LogP contribution >= 0.6 is 0 Å². The van der Waals surface area contributed by atoms with Gasteiger partial charge in [0.25, 0.3) is 0 Å². The third-order valence-electron chi connectivity index (χ3n) is 5.12. The summed E-state index contributed by atoms with van der Waals surface area (Å²) < 4.78 is 9.98. The zero-order valence-electron chi connectivity index (χ0n) is 19.6. The first-order valence-electron chi connectivity index (χ1n) is 10.9. The van der Waals surface area contributed by atoms with Crippen molar-refractivity contribution in [1.29, 1.82) is 0 Å². The summed E-state index contributed by atoms with van der Waals surface area (Å²) in [7, 11) is 1.19. The summed E-state index contributed by atoms with van der Waals surface area (Å²) in [6, 6.07) is -3.84. The van der Waals surface area contributed by atoms with Gasteiger partial charge in [-0.25, -0.2) is 9.59 Å². The predicted octanol–water partition coefficient (Wildman–Crippen LogP) is -0.170. The van der Waals surface area contributed by atoms with Gasteiger partial charge >= 0.3 is 12.1 Å². The van der Waals surface area contributed by atoms with E-state index in [2.05, 4.69) is 27.8 Å². The summed E-state index contributed by atoms with van der Waals surface area (Å²) in [4.78, 5) is 64.3. The second-order valence-corrected chi connectivity index (χ2v) is 8.96. The van der Waals surface area contributed by atoms with Crippen molar-refractivity contribution >= 4 is 29.8 Å². The number of nitrogens with zero attached hydrogens (tertiary/aromatic N) is 1. The molecule has 2 aliphatic heterocycles. The highest BCUT2D eigenvalue weighted by Crippen LogP contribution is 2.20. The van der Waals surface area contributed by atoms with E-state index in [4.69, 9.17) is 9.47 Å². The van der Waals surface area contributed by atoms with Gasteiger partial charge in [-0.1, -0.05) is 0 Å². The van der Waals surface area contributed by atoms with E-state index in [1.807, 2.05) is 0 Å². The highest BCUT2D eigenvalue weighted by Gasteiger charge is 2.39. The number of esters is 1. The molecule has 0 unspecified atom stereocenters. The largest absolute Gasteiger partial charge is 0.467 e. The molecule has 182 valence electrons. The number of carbonyl (C=O) groups is 5. The Bertz CT molecular complexity index is 855. The number of alkyl carbamates (subject to hydrolysis) is 1. The third kappa shape index (κ3) is 7.37. The van der Waals surface area contributed by atoms with Crippen molar-refractivity contribution in [2.75, 3.05) is 13.7 Å². The van der Waals surface area contributed by atoms with Gasteiger partial charge in [0.2, 0.25) is 17.7 Å². The van der Waals surface area contributed by atoms with Crippen molar-refractivity contribution in [3.63, 3.8) is 0 Å².